The van der Waals surface area contributed by atoms with E-state index in [1.54, 1.807) is 0 Å². The first-order chi connectivity index (χ1) is 13.1. The van der Waals surface area contributed by atoms with E-state index in [2.05, 4.69) is 24.3 Å². The number of amides is 1. The lowest BCUT2D eigenvalue weighted by Crippen LogP contribution is -2.45. The van der Waals surface area contributed by atoms with Gasteiger partial charge in [-0.25, -0.2) is 4.79 Å². The van der Waals surface area contributed by atoms with Gasteiger partial charge in [-0.2, -0.15) is 5.26 Å². The molecule has 0 bridgehead atoms. The Kier molecular flexibility index (Phi) is 4.56. The summed E-state index contributed by atoms with van der Waals surface area (Å²) in [7, 11) is 0. The van der Waals surface area contributed by atoms with E-state index in [9.17, 15) is 9.90 Å². The largest absolute Gasteiger partial charge is 0.448 e. The molecule has 1 N–H and O–H groups in total. The fourth-order valence-electron chi connectivity index (χ4n) is 3.76. The number of benzene rings is 2. The molecule has 0 radical (unpaired) electrons. The van der Waals surface area contributed by atoms with Gasteiger partial charge in [-0.15, -0.1) is 0 Å². The lowest BCUT2D eigenvalue weighted by molar-refractivity contribution is 0.00515. The number of ether oxygens (including phenoxy) is 2. The molecule has 1 heterocycles. The van der Waals surface area contributed by atoms with Crippen molar-refractivity contribution in [2.45, 2.75) is 11.5 Å². The van der Waals surface area contributed by atoms with Gasteiger partial charge in [-0.3, -0.25) is 0 Å². The van der Waals surface area contributed by atoms with E-state index in [1.165, 1.54) is 4.90 Å². The third-order valence-corrected chi connectivity index (χ3v) is 5.10. The Bertz CT molecular complexity index is 862. The second-order valence-corrected chi connectivity index (χ2v) is 6.92. The van der Waals surface area contributed by atoms with Crippen LogP contribution >= 0.6 is 0 Å². The number of β-amino-alcohol motifs (C(OH)–C–C–N with tert-alkyl or cyclic N) is 1. The van der Waals surface area contributed by atoms with Crippen molar-refractivity contribution in [3.63, 3.8) is 0 Å². The highest BCUT2D eigenvalue weighted by atomic mass is 16.6. The molecule has 0 spiro atoms. The number of rotatable bonds is 2. The Morgan fingerprint density at radius 3 is 2.48 bits per heavy atom. The average molecular weight is 364 g/mol. The third kappa shape index (κ3) is 3.27. The summed E-state index contributed by atoms with van der Waals surface area (Å²) in [6.45, 7) is 0.501. The Morgan fingerprint density at radius 1 is 1.22 bits per heavy atom. The van der Waals surface area contributed by atoms with Gasteiger partial charge in [-0.1, -0.05) is 48.5 Å². The Hall–Kier alpha value is -2.88. The van der Waals surface area contributed by atoms with Gasteiger partial charge in [0.1, 0.15) is 12.7 Å². The first-order valence-electron chi connectivity index (χ1n) is 8.92. The second-order valence-electron chi connectivity index (χ2n) is 6.92. The maximum absolute atomic E-state index is 12.6. The maximum Gasteiger partial charge on any atom is 0.410 e. The summed E-state index contributed by atoms with van der Waals surface area (Å²) in [5.74, 6) is -0.0283. The molecule has 6 heteroatoms. The van der Waals surface area contributed by atoms with Crippen LogP contribution in [0.1, 0.15) is 17.0 Å². The molecule has 1 aliphatic heterocycles. The zero-order valence-corrected chi connectivity index (χ0v) is 14.8. The standard InChI is InChI=1S/C21H20N2O4/c22-12-21(25)13-23(9-10-26-14-21)20(24)27-11-19-17-7-3-1-5-15(17)16-6-2-4-8-18(16)19/h1-8,19,25H,9-11,13-14H2. The van der Waals surface area contributed by atoms with Crippen molar-refractivity contribution in [1.82, 2.24) is 4.90 Å². The Labute approximate surface area is 157 Å². The third-order valence-electron chi connectivity index (χ3n) is 5.10. The van der Waals surface area contributed by atoms with Crippen LogP contribution in [0.5, 0.6) is 0 Å². The van der Waals surface area contributed by atoms with Crippen LogP contribution in [0.25, 0.3) is 11.1 Å². The summed E-state index contributed by atoms with van der Waals surface area (Å²) in [4.78, 5) is 13.9. The minimum absolute atomic E-state index is 0.0283. The highest BCUT2D eigenvalue weighted by Crippen LogP contribution is 2.44. The molecule has 4 rings (SSSR count). The monoisotopic (exact) mass is 364 g/mol. The summed E-state index contributed by atoms with van der Waals surface area (Å²) < 4.78 is 10.8. The number of carbonyl (C=O) groups is 1. The molecule has 1 saturated heterocycles. The number of nitriles is 1. The number of fused-ring (bicyclic) bond motifs is 3. The zero-order valence-electron chi connectivity index (χ0n) is 14.8. The molecule has 1 aliphatic carbocycles. The van der Waals surface area contributed by atoms with Crippen molar-refractivity contribution in [2.75, 3.05) is 32.9 Å². The predicted molar refractivity (Wildman–Crippen MR) is 98.0 cm³/mol. The quantitative estimate of drug-likeness (QED) is 0.828. The normalized spacial score (nSPS) is 21.7. The summed E-state index contributed by atoms with van der Waals surface area (Å²) in [5.41, 5.74) is 2.90. The molecule has 2 aromatic rings. The van der Waals surface area contributed by atoms with Crippen molar-refractivity contribution in [1.29, 1.82) is 5.26 Å². The number of nitrogens with zero attached hydrogens (tertiary/aromatic N) is 2. The first kappa shape index (κ1) is 17.5. The van der Waals surface area contributed by atoms with Crippen molar-refractivity contribution >= 4 is 6.09 Å². The minimum Gasteiger partial charge on any atom is -0.448 e. The average Bonchev–Trinajstić information content (AvgIpc) is 2.87. The van der Waals surface area contributed by atoms with E-state index in [1.807, 2.05) is 30.3 Å². The van der Waals surface area contributed by atoms with Gasteiger partial charge < -0.3 is 19.5 Å². The molecular weight excluding hydrogens is 344 g/mol. The molecule has 1 atom stereocenters. The summed E-state index contributed by atoms with van der Waals surface area (Å²) in [6.07, 6.45) is -0.545. The number of aliphatic hydroxyl groups is 1. The molecule has 0 saturated carbocycles. The molecule has 1 amide bonds. The van der Waals surface area contributed by atoms with E-state index in [4.69, 9.17) is 14.7 Å². The zero-order chi connectivity index (χ0) is 18.9. The van der Waals surface area contributed by atoms with Crippen LogP contribution in [0, 0.1) is 11.3 Å². The van der Waals surface area contributed by atoms with Crippen LogP contribution in [0.4, 0.5) is 4.79 Å². The molecular formula is C21H20N2O4. The predicted octanol–water partition coefficient (Wildman–Crippen LogP) is 2.52. The highest BCUT2D eigenvalue weighted by molar-refractivity contribution is 5.79. The van der Waals surface area contributed by atoms with Crippen molar-refractivity contribution in [3.05, 3.63) is 59.7 Å². The molecule has 2 aromatic carbocycles. The van der Waals surface area contributed by atoms with Gasteiger partial charge in [0.2, 0.25) is 0 Å². The van der Waals surface area contributed by atoms with Crippen molar-refractivity contribution < 1.29 is 19.4 Å². The minimum atomic E-state index is -1.71. The van der Waals surface area contributed by atoms with Crippen molar-refractivity contribution in [2.24, 2.45) is 0 Å². The van der Waals surface area contributed by atoms with Gasteiger partial charge in [-0.05, 0) is 22.3 Å². The fourth-order valence-corrected chi connectivity index (χ4v) is 3.76. The van der Waals surface area contributed by atoms with E-state index in [-0.39, 0.29) is 38.8 Å². The molecule has 2 aliphatic rings. The molecule has 1 unspecified atom stereocenters. The Morgan fingerprint density at radius 2 is 1.85 bits per heavy atom. The summed E-state index contributed by atoms with van der Waals surface area (Å²) in [6, 6.07) is 18.1. The molecule has 27 heavy (non-hydrogen) atoms. The first-order valence-corrected chi connectivity index (χ1v) is 8.92. The van der Waals surface area contributed by atoms with Gasteiger partial charge in [0.15, 0.2) is 5.60 Å². The molecule has 6 nitrogen and oxygen atoms in total. The van der Waals surface area contributed by atoms with Crippen LogP contribution in [-0.4, -0.2) is 54.6 Å². The van der Waals surface area contributed by atoms with Crippen LogP contribution in [0.2, 0.25) is 0 Å². The van der Waals surface area contributed by atoms with E-state index >= 15 is 0 Å². The van der Waals surface area contributed by atoms with Crippen LogP contribution in [0.15, 0.2) is 48.5 Å². The lowest BCUT2D eigenvalue weighted by atomic mass is 9.98. The van der Waals surface area contributed by atoms with Gasteiger partial charge >= 0.3 is 6.09 Å². The number of hydrogen-bond donors (Lipinski definition) is 1. The van der Waals surface area contributed by atoms with Gasteiger partial charge in [0.25, 0.3) is 0 Å². The van der Waals surface area contributed by atoms with Gasteiger partial charge in [0.05, 0.1) is 19.8 Å². The van der Waals surface area contributed by atoms with Crippen LogP contribution in [0.3, 0.4) is 0 Å². The summed E-state index contributed by atoms with van der Waals surface area (Å²) >= 11 is 0. The topological polar surface area (TPSA) is 82.8 Å². The number of hydrogen-bond acceptors (Lipinski definition) is 5. The second kappa shape index (κ2) is 7.03. The molecule has 138 valence electrons. The van der Waals surface area contributed by atoms with Crippen LogP contribution < -0.4 is 0 Å². The SMILES string of the molecule is N#CC1(O)COCCN(C(=O)OCC2c3ccccc3-c3ccccc32)C1. The molecule has 0 aromatic heterocycles. The lowest BCUT2D eigenvalue weighted by Gasteiger charge is -2.25. The summed E-state index contributed by atoms with van der Waals surface area (Å²) in [5, 5.41) is 19.3. The van der Waals surface area contributed by atoms with Crippen molar-refractivity contribution in [3.8, 4) is 17.2 Å². The van der Waals surface area contributed by atoms with Crippen LogP contribution in [-0.2, 0) is 9.47 Å². The maximum atomic E-state index is 12.6. The number of carbonyl (C=O) groups excluding carboxylic acids is 1. The van der Waals surface area contributed by atoms with E-state index in [0.717, 1.165) is 22.3 Å². The molecule has 1 fully saturated rings. The van der Waals surface area contributed by atoms with E-state index < -0.39 is 11.7 Å². The van der Waals surface area contributed by atoms with Gasteiger partial charge in [0, 0.05) is 12.5 Å². The Balaban J connectivity index is 1.50. The smallest absolute Gasteiger partial charge is 0.410 e. The fraction of sp³-hybridized carbons (Fsp3) is 0.333. The highest BCUT2D eigenvalue weighted by Gasteiger charge is 2.36. The van der Waals surface area contributed by atoms with E-state index in [0.29, 0.717) is 0 Å².